The predicted octanol–water partition coefficient (Wildman–Crippen LogP) is 2.72. The monoisotopic (exact) mass is 233 g/mol. The van der Waals surface area contributed by atoms with Crippen LogP contribution in [0, 0.1) is 5.92 Å². The zero-order chi connectivity index (χ0) is 12.2. The summed E-state index contributed by atoms with van der Waals surface area (Å²) in [7, 11) is 0. The first kappa shape index (κ1) is 12.8. The maximum absolute atomic E-state index is 11.9. The summed E-state index contributed by atoms with van der Waals surface area (Å²) < 4.78 is 39.4. The molecule has 0 radical (unpaired) electrons. The zero-order valence-electron chi connectivity index (χ0n) is 8.92. The minimum absolute atomic E-state index is 0.198. The molecule has 0 aliphatic rings. The first-order valence-electron chi connectivity index (χ1n) is 4.95. The number of hydrogen-bond acceptors (Lipinski definition) is 2. The largest absolute Gasteiger partial charge is 0.573 e. The topological polar surface area (TPSA) is 35.2 Å². The highest BCUT2D eigenvalue weighted by Crippen LogP contribution is 2.23. The van der Waals surface area contributed by atoms with Gasteiger partial charge in [0, 0.05) is 0 Å². The van der Waals surface area contributed by atoms with E-state index in [4.69, 9.17) is 5.73 Å². The number of halogens is 3. The van der Waals surface area contributed by atoms with Crippen LogP contribution in [0.3, 0.4) is 0 Å². The van der Waals surface area contributed by atoms with E-state index in [0.29, 0.717) is 12.5 Å². The van der Waals surface area contributed by atoms with Crippen LogP contribution in [0.15, 0.2) is 24.3 Å². The van der Waals surface area contributed by atoms with Gasteiger partial charge in [0.05, 0.1) is 0 Å². The van der Waals surface area contributed by atoms with Crippen molar-refractivity contribution in [2.45, 2.75) is 19.7 Å². The molecule has 1 rings (SSSR count). The van der Waals surface area contributed by atoms with Gasteiger partial charge in [0.1, 0.15) is 5.75 Å². The Labute approximate surface area is 92.2 Å². The summed E-state index contributed by atoms with van der Waals surface area (Å²) >= 11 is 0. The van der Waals surface area contributed by atoms with Crippen molar-refractivity contribution in [3.63, 3.8) is 0 Å². The Morgan fingerprint density at radius 1 is 1.25 bits per heavy atom. The van der Waals surface area contributed by atoms with Crippen molar-refractivity contribution in [3.05, 3.63) is 29.8 Å². The van der Waals surface area contributed by atoms with Gasteiger partial charge in [-0.3, -0.25) is 0 Å². The molecular weight excluding hydrogens is 219 g/mol. The van der Waals surface area contributed by atoms with Crippen LogP contribution in [-0.2, 0) is 6.42 Å². The summed E-state index contributed by atoms with van der Waals surface area (Å²) in [6, 6.07) is 5.86. The van der Waals surface area contributed by atoms with E-state index in [9.17, 15) is 13.2 Å². The van der Waals surface area contributed by atoms with Gasteiger partial charge >= 0.3 is 6.36 Å². The Kier molecular flexibility index (Phi) is 4.18. The van der Waals surface area contributed by atoms with Crippen molar-refractivity contribution in [2.24, 2.45) is 11.7 Å². The Hall–Kier alpha value is -1.23. The summed E-state index contributed by atoms with van der Waals surface area (Å²) in [5, 5.41) is 0. The average molecular weight is 233 g/mol. The quantitative estimate of drug-likeness (QED) is 0.867. The highest BCUT2D eigenvalue weighted by atomic mass is 19.4. The molecule has 0 aliphatic heterocycles. The van der Waals surface area contributed by atoms with Crippen LogP contribution < -0.4 is 10.5 Å². The smallest absolute Gasteiger partial charge is 0.406 e. The van der Waals surface area contributed by atoms with Gasteiger partial charge in [-0.1, -0.05) is 19.1 Å². The molecule has 0 bridgehead atoms. The number of hydrogen-bond donors (Lipinski definition) is 1. The van der Waals surface area contributed by atoms with Crippen molar-refractivity contribution >= 4 is 0 Å². The summed E-state index contributed by atoms with van der Waals surface area (Å²) in [5.41, 5.74) is 6.41. The fraction of sp³-hybridized carbons (Fsp3) is 0.455. The third kappa shape index (κ3) is 4.53. The van der Waals surface area contributed by atoms with Gasteiger partial charge in [-0.15, -0.1) is 13.2 Å². The minimum atomic E-state index is -4.63. The van der Waals surface area contributed by atoms with Gasteiger partial charge in [0.2, 0.25) is 0 Å². The minimum Gasteiger partial charge on any atom is -0.406 e. The van der Waals surface area contributed by atoms with Crippen molar-refractivity contribution in [2.75, 3.05) is 6.54 Å². The third-order valence-corrected chi connectivity index (χ3v) is 2.14. The molecule has 0 spiro atoms. The SMILES string of the molecule is CC(CN)Cc1ccc(OC(F)(F)F)cc1. The van der Waals surface area contributed by atoms with E-state index < -0.39 is 6.36 Å². The van der Waals surface area contributed by atoms with E-state index >= 15 is 0 Å². The predicted molar refractivity (Wildman–Crippen MR) is 55.0 cm³/mol. The van der Waals surface area contributed by atoms with Crippen LogP contribution in [0.2, 0.25) is 0 Å². The normalized spacial score (nSPS) is 13.6. The second kappa shape index (κ2) is 5.21. The molecule has 1 atom stereocenters. The van der Waals surface area contributed by atoms with Crippen molar-refractivity contribution in [1.29, 1.82) is 0 Å². The lowest BCUT2D eigenvalue weighted by atomic mass is 10.0. The number of rotatable bonds is 4. The number of nitrogens with two attached hydrogens (primary N) is 1. The first-order chi connectivity index (χ1) is 7.40. The van der Waals surface area contributed by atoms with Crippen LogP contribution in [0.5, 0.6) is 5.75 Å². The zero-order valence-corrected chi connectivity index (χ0v) is 8.92. The molecule has 0 aliphatic carbocycles. The average Bonchev–Trinajstić information content (AvgIpc) is 2.18. The number of ether oxygens (including phenoxy) is 1. The van der Waals surface area contributed by atoms with Gasteiger partial charge in [-0.05, 0) is 36.6 Å². The molecule has 5 heteroatoms. The second-order valence-electron chi connectivity index (χ2n) is 3.74. The van der Waals surface area contributed by atoms with E-state index in [1.165, 1.54) is 12.1 Å². The van der Waals surface area contributed by atoms with Crippen LogP contribution >= 0.6 is 0 Å². The lowest BCUT2D eigenvalue weighted by Gasteiger charge is -2.11. The summed E-state index contributed by atoms with van der Waals surface area (Å²) in [5.74, 6) is 0.117. The summed E-state index contributed by atoms with van der Waals surface area (Å²) in [4.78, 5) is 0. The Bertz CT molecular complexity index is 321. The van der Waals surface area contributed by atoms with E-state index in [2.05, 4.69) is 4.74 Å². The molecular formula is C11H14F3NO. The molecule has 1 aromatic rings. The number of benzene rings is 1. The molecule has 2 N–H and O–H groups in total. The lowest BCUT2D eigenvalue weighted by Crippen LogP contribution is -2.17. The fourth-order valence-corrected chi connectivity index (χ4v) is 1.31. The van der Waals surface area contributed by atoms with Crippen LogP contribution in [0.4, 0.5) is 13.2 Å². The van der Waals surface area contributed by atoms with Crippen LogP contribution in [0.1, 0.15) is 12.5 Å². The lowest BCUT2D eigenvalue weighted by molar-refractivity contribution is -0.274. The van der Waals surface area contributed by atoms with Gasteiger partial charge in [-0.25, -0.2) is 0 Å². The number of alkyl halides is 3. The van der Waals surface area contributed by atoms with E-state index in [1.54, 1.807) is 12.1 Å². The van der Waals surface area contributed by atoms with Crippen molar-refractivity contribution in [3.8, 4) is 5.75 Å². The van der Waals surface area contributed by atoms with E-state index in [-0.39, 0.29) is 5.75 Å². The molecule has 0 heterocycles. The molecule has 16 heavy (non-hydrogen) atoms. The van der Waals surface area contributed by atoms with Gasteiger partial charge in [0.15, 0.2) is 0 Å². The molecule has 1 aromatic carbocycles. The van der Waals surface area contributed by atoms with Gasteiger partial charge in [0.25, 0.3) is 0 Å². The summed E-state index contributed by atoms with van der Waals surface area (Å²) in [6.07, 6.45) is -3.88. The maximum atomic E-state index is 11.9. The van der Waals surface area contributed by atoms with Crippen LogP contribution in [-0.4, -0.2) is 12.9 Å². The second-order valence-corrected chi connectivity index (χ2v) is 3.74. The fourth-order valence-electron chi connectivity index (χ4n) is 1.31. The van der Waals surface area contributed by atoms with E-state index in [1.807, 2.05) is 6.92 Å². The maximum Gasteiger partial charge on any atom is 0.573 e. The van der Waals surface area contributed by atoms with Crippen LogP contribution in [0.25, 0.3) is 0 Å². The molecule has 0 saturated carbocycles. The highest BCUT2D eigenvalue weighted by Gasteiger charge is 2.30. The first-order valence-corrected chi connectivity index (χ1v) is 4.95. The van der Waals surface area contributed by atoms with Crippen molar-refractivity contribution in [1.82, 2.24) is 0 Å². The molecule has 0 aromatic heterocycles. The Morgan fingerprint density at radius 2 is 1.81 bits per heavy atom. The van der Waals surface area contributed by atoms with Gasteiger partial charge in [-0.2, -0.15) is 0 Å². The standard InChI is InChI=1S/C11H14F3NO/c1-8(7-15)6-9-2-4-10(5-3-9)16-11(12,13)14/h2-5,8H,6-7,15H2,1H3. The molecule has 2 nitrogen and oxygen atoms in total. The summed E-state index contributed by atoms with van der Waals surface area (Å²) in [6.45, 7) is 2.54. The highest BCUT2D eigenvalue weighted by molar-refractivity contribution is 5.27. The third-order valence-electron chi connectivity index (χ3n) is 2.14. The van der Waals surface area contributed by atoms with E-state index in [0.717, 1.165) is 12.0 Å². The molecule has 0 fully saturated rings. The van der Waals surface area contributed by atoms with Gasteiger partial charge < -0.3 is 10.5 Å². The molecule has 1 unspecified atom stereocenters. The van der Waals surface area contributed by atoms with Crippen molar-refractivity contribution < 1.29 is 17.9 Å². The molecule has 0 saturated heterocycles. The molecule has 0 amide bonds. The molecule has 90 valence electrons. The Balaban J connectivity index is 2.61. The Morgan fingerprint density at radius 3 is 2.25 bits per heavy atom.